The van der Waals surface area contributed by atoms with Crippen molar-refractivity contribution in [2.45, 2.75) is 18.9 Å². The van der Waals surface area contributed by atoms with Crippen LogP contribution in [0.15, 0.2) is 48.5 Å². The number of thiazole rings is 1. The molecular formula is C16H15ClN2S. The smallest absolute Gasteiger partial charge is 0.111 e. The zero-order valence-electron chi connectivity index (χ0n) is 10.9. The van der Waals surface area contributed by atoms with Gasteiger partial charge in [-0.3, -0.25) is 0 Å². The van der Waals surface area contributed by atoms with Gasteiger partial charge >= 0.3 is 0 Å². The Morgan fingerprint density at radius 1 is 1.15 bits per heavy atom. The lowest BCUT2D eigenvalue weighted by atomic mass is 10.1. The van der Waals surface area contributed by atoms with E-state index in [1.165, 1.54) is 5.56 Å². The molecule has 0 aliphatic heterocycles. The molecule has 0 bridgehead atoms. The lowest BCUT2D eigenvalue weighted by Crippen LogP contribution is -2.10. The van der Waals surface area contributed by atoms with Crippen LogP contribution in [0.2, 0.25) is 5.02 Å². The molecule has 0 saturated heterocycles. The minimum Gasteiger partial charge on any atom is -0.322 e. The van der Waals surface area contributed by atoms with Gasteiger partial charge in [-0.05, 0) is 36.6 Å². The molecular weight excluding hydrogens is 288 g/mol. The summed E-state index contributed by atoms with van der Waals surface area (Å²) in [5.41, 5.74) is 8.55. The van der Waals surface area contributed by atoms with Gasteiger partial charge in [0, 0.05) is 5.02 Å². The van der Waals surface area contributed by atoms with Crippen LogP contribution in [-0.4, -0.2) is 4.98 Å². The van der Waals surface area contributed by atoms with Crippen molar-refractivity contribution in [1.29, 1.82) is 0 Å². The van der Waals surface area contributed by atoms with Crippen LogP contribution in [0.25, 0.3) is 10.2 Å². The Balaban J connectivity index is 1.73. The zero-order chi connectivity index (χ0) is 13.9. The molecule has 20 heavy (non-hydrogen) atoms. The molecule has 1 heterocycles. The quantitative estimate of drug-likeness (QED) is 0.766. The summed E-state index contributed by atoms with van der Waals surface area (Å²) < 4.78 is 1.10. The maximum absolute atomic E-state index is 6.26. The van der Waals surface area contributed by atoms with Gasteiger partial charge in [-0.1, -0.05) is 41.9 Å². The minimum atomic E-state index is -0.0219. The molecule has 2 aromatic carbocycles. The summed E-state index contributed by atoms with van der Waals surface area (Å²) in [7, 11) is 0. The number of fused-ring (bicyclic) bond motifs is 1. The van der Waals surface area contributed by atoms with Crippen LogP contribution in [0.1, 0.15) is 23.0 Å². The van der Waals surface area contributed by atoms with Gasteiger partial charge in [0.05, 0.1) is 16.3 Å². The molecule has 0 aliphatic carbocycles. The summed E-state index contributed by atoms with van der Waals surface area (Å²) in [6.07, 6.45) is 1.87. The maximum atomic E-state index is 6.26. The Morgan fingerprint density at radius 2 is 1.95 bits per heavy atom. The molecule has 0 fully saturated rings. The highest BCUT2D eigenvalue weighted by Gasteiger charge is 2.12. The number of nitrogens with zero attached hydrogens (tertiary/aromatic N) is 1. The third kappa shape index (κ3) is 3.01. The van der Waals surface area contributed by atoms with E-state index in [1.807, 2.05) is 24.3 Å². The van der Waals surface area contributed by atoms with E-state index in [2.05, 4.69) is 29.2 Å². The summed E-state index contributed by atoms with van der Waals surface area (Å²) in [6.45, 7) is 0. The first kappa shape index (κ1) is 13.6. The second-order valence-corrected chi connectivity index (χ2v) is 6.29. The second kappa shape index (κ2) is 5.92. The van der Waals surface area contributed by atoms with Gasteiger partial charge < -0.3 is 5.73 Å². The standard InChI is InChI=1S/C16H15ClN2S/c17-12-7-9-14-15(10-12)20-16(19-14)13(18)8-6-11-4-2-1-3-5-11/h1-5,7,9-10,13H,6,8,18H2. The molecule has 2 N–H and O–H groups in total. The van der Waals surface area contributed by atoms with Gasteiger partial charge in [0.1, 0.15) is 5.01 Å². The van der Waals surface area contributed by atoms with Crippen LogP contribution >= 0.6 is 22.9 Å². The summed E-state index contributed by atoms with van der Waals surface area (Å²) in [5, 5.41) is 1.73. The van der Waals surface area contributed by atoms with Gasteiger partial charge in [-0.25, -0.2) is 4.98 Å². The molecule has 3 aromatic rings. The van der Waals surface area contributed by atoms with Crippen LogP contribution in [0.3, 0.4) is 0 Å². The van der Waals surface area contributed by atoms with Crippen molar-refractivity contribution >= 4 is 33.2 Å². The lowest BCUT2D eigenvalue weighted by Gasteiger charge is -2.07. The first-order valence-electron chi connectivity index (χ1n) is 6.58. The molecule has 0 saturated carbocycles. The van der Waals surface area contributed by atoms with Crippen molar-refractivity contribution in [2.75, 3.05) is 0 Å². The summed E-state index contributed by atoms with van der Waals surface area (Å²) in [6, 6.07) is 16.1. The van der Waals surface area contributed by atoms with Crippen molar-refractivity contribution in [3.8, 4) is 0 Å². The van der Waals surface area contributed by atoms with Crippen LogP contribution < -0.4 is 5.73 Å². The molecule has 1 unspecified atom stereocenters. The van der Waals surface area contributed by atoms with E-state index in [9.17, 15) is 0 Å². The fourth-order valence-corrected chi connectivity index (χ4v) is 3.44. The predicted octanol–water partition coefficient (Wildman–Crippen LogP) is 4.58. The van der Waals surface area contributed by atoms with Gasteiger partial charge in [0.2, 0.25) is 0 Å². The highest BCUT2D eigenvalue weighted by Crippen LogP contribution is 2.29. The number of nitrogens with two attached hydrogens (primary N) is 1. The van der Waals surface area contributed by atoms with E-state index in [0.717, 1.165) is 33.1 Å². The number of hydrogen-bond donors (Lipinski definition) is 1. The minimum absolute atomic E-state index is 0.0219. The van der Waals surface area contributed by atoms with E-state index in [-0.39, 0.29) is 6.04 Å². The van der Waals surface area contributed by atoms with Crippen LogP contribution in [0.5, 0.6) is 0 Å². The molecule has 1 aromatic heterocycles. The van der Waals surface area contributed by atoms with Gasteiger partial charge in [0.15, 0.2) is 0 Å². The molecule has 3 rings (SSSR count). The number of aromatic nitrogens is 1. The molecule has 0 aliphatic rings. The lowest BCUT2D eigenvalue weighted by molar-refractivity contribution is 0.648. The average Bonchev–Trinajstić information content (AvgIpc) is 2.89. The van der Waals surface area contributed by atoms with E-state index in [1.54, 1.807) is 11.3 Å². The molecule has 2 nitrogen and oxygen atoms in total. The monoisotopic (exact) mass is 302 g/mol. The van der Waals surface area contributed by atoms with Crippen molar-refractivity contribution < 1.29 is 0 Å². The number of halogens is 1. The summed E-state index contributed by atoms with van der Waals surface area (Å²) in [5.74, 6) is 0. The van der Waals surface area contributed by atoms with Gasteiger partial charge in [-0.2, -0.15) is 0 Å². The Labute approximate surface area is 127 Å². The third-order valence-corrected chi connectivity index (χ3v) is 4.66. The number of hydrogen-bond acceptors (Lipinski definition) is 3. The SMILES string of the molecule is NC(CCc1ccccc1)c1nc2ccc(Cl)cc2s1. The highest BCUT2D eigenvalue weighted by molar-refractivity contribution is 7.18. The normalized spacial score (nSPS) is 12.7. The van der Waals surface area contributed by atoms with Crippen LogP contribution in [-0.2, 0) is 6.42 Å². The van der Waals surface area contributed by atoms with Crippen molar-refractivity contribution in [3.05, 3.63) is 64.1 Å². The Morgan fingerprint density at radius 3 is 2.75 bits per heavy atom. The molecule has 0 amide bonds. The second-order valence-electron chi connectivity index (χ2n) is 4.79. The molecule has 1 atom stereocenters. The summed E-state index contributed by atoms with van der Waals surface area (Å²) in [4.78, 5) is 4.60. The first-order chi connectivity index (χ1) is 9.72. The van der Waals surface area contributed by atoms with E-state index < -0.39 is 0 Å². The topological polar surface area (TPSA) is 38.9 Å². The molecule has 0 radical (unpaired) electrons. The summed E-state index contributed by atoms with van der Waals surface area (Å²) >= 11 is 7.63. The first-order valence-corrected chi connectivity index (χ1v) is 7.77. The predicted molar refractivity (Wildman–Crippen MR) is 86.3 cm³/mol. The molecule has 4 heteroatoms. The van der Waals surface area contributed by atoms with Crippen molar-refractivity contribution in [3.63, 3.8) is 0 Å². The van der Waals surface area contributed by atoms with E-state index in [0.29, 0.717) is 0 Å². The fourth-order valence-electron chi connectivity index (χ4n) is 2.17. The Bertz CT molecular complexity index is 709. The average molecular weight is 303 g/mol. The Kier molecular flexibility index (Phi) is 4.01. The number of aryl methyl sites for hydroxylation is 1. The Hall–Kier alpha value is -1.42. The van der Waals surface area contributed by atoms with Gasteiger partial charge in [-0.15, -0.1) is 11.3 Å². The third-order valence-electron chi connectivity index (χ3n) is 3.27. The zero-order valence-corrected chi connectivity index (χ0v) is 12.5. The van der Waals surface area contributed by atoms with Crippen molar-refractivity contribution in [2.24, 2.45) is 5.73 Å². The highest BCUT2D eigenvalue weighted by atomic mass is 35.5. The van der Waals surface area contributed by atoms with Crippen molar-refractivity contribution in [1.82, 2.24) is 4.98 Å². The maximum Gasteiger partial charge on any atom is 0.111 e. The van der Waals surface area contributed by atoms with Crippen LogP contribution in [0, 0.1) is 0 Å². The van der Waals surface area contributed by atoms with E-state index in [4.69, 9.17) is 17.3 Å². The molecule has 0 spiro atoms. The van der Waals surface area contributed by atoms with Crippen LogP contribution in [0.4, 0.5) is 0 Å². The molecule has 102 valence electrons. The number of rotatable bonds is 4. The van der Waals surface area contributed by atoms with E-state index >= 15 is 0 Å². The number of benzene rings is 2. The fraction of sp³-hybridized carbons (Fsp3) is 0.188. The largest absolute Gasteiger partial charge is 0.322 e. The van der Waals surface area contributed by atoms with Gasteiger partial charge in [0.25, 0.3) is 0 Å².